The fourth-order valence-corrected chi connectivity index (χ4v) is 1.52. The largest absolute Gasteiger partial charge is 0.395 e. The van der Waals surface area contributed by atoms with Crippen LogP contribution in [0.1, 0.15) is 5.69 Å². The van der Waals surface area contributed by atoms with Gasteiger partial charge in [-0.2, -0.15) is 0 Å². The summed E-state index contributed by atoms with van der Waals surface area (Å²) in [6.45, 7) is 1.59. The maximum atomic E-state index is 8.80. The highest BCUT2D eigenvalue weighted by Gasteiger charge is 2.05. The van der Waals surface area contributed by atoms with Crippen LogP contribution in [-0.4, -0.2) is 44.6 Å². The normalized spacial score (nSPS) is 11.4. The lowest BCUT2D eigenvalue weighted by molar-refractivity contribution is 0.216. The Hall–Kier alpha value is -1.46. The molecule has 5 heteroatoms. The Morgan fingerprint density at radius 2 is 2.33 bits per heavy atom. The van der Waals surface area contributed by atoms with Crippen molar-refractivity contribution < 1.29 is 5.11 Å². The summed E-state index contributed by atoms with van der Waals surface area (Å²) in [6, 6.07) is 1.88. The number of rotatable bonds is 4. The predicted octanol–water partition coefficient (Wildman–Crippen LogP) is 0.153. The van der Waals surface area contributed by atoms with Gasteiger partial charge in [0.25, 0.3) is 0 Å². The zero-order chi connectivity index (χ0) is 10.7. The lowest BCUT2D eigenvalue weighted by Crippen LogP contribution is -2.22. The van der Waals surface area contributed by atoms with Crippen LogP contribution >= 0.6 is 0 Å². The van der Waals surface area contributed by atoms with Gasteiger partial charge in [-0.1, -0.05) is 0 Å². The van der Waals surface area contributed by atoms with Gasteiger partial charge in [-0.25, -0.2) is 9.97 Å². The molecule has 0 unspecified atom stereocenters. The van der Waals surface area contributed by atoms with E-state index < -0.39 is 0 Å². The molecule has 0 atom stereocenters. The first-order chi connectivity index (χ1) is 7.31. The number of aliphatic hydroxyl groups is 1. The minimum Gasteiger partial charge on any atom is -0.395 e. The molecule has 0 fully saturated rings. The van der Waals surface area contributed by atoms with E-state index in [-0.39, 0.29) is 6.61 Å². The average Bonchev–Trinajstić information content (AvgIpc) is 2.62. The van der Waals surface area contributed by atoms with Gasteiger partial charge in [0.05, 0.1) is 18.5 Å². The van der Waals surface area contributed by atoms with Crippen molar-refractivity contribution >= 4 is 5.78 Å². The third kappa shape index (κ3) is 2.14. The van der Waals surface area contributed by atoms with Crippen molar-refractivity contribution in [2.45, 2.75) is 6.54 Å². The van der Waals surface area contributed by atoms with Gasteiger partial charge in [-0.15, -0.1) is 0 Å². The second-order valence-electron chi connectivity index (χ2n) is 3.50. The third-order valence-electron chi connectivity index (χ3n) is 2.28. The van der Waals surface area contributed by atoms with Crippen LogP contribution in [0.2, 0.25) is 0 Å². The van der Waals surface area contributed by atoms with Crippen molar-refractivity contribution in [1.82, 2.24) is 19.3 Å². The minimum absolute atomic E-state index is 0.172. The fraction of sp³-hybridized carbons (Fsp3) is 0.400. The molecule has 2 heterocycles. The molecule has 15 heavy (non-hydrogen) atoms. The summed E-state index contributed by atoms with van der Waals surface area (Å²) in [7, 11) is 1.96. The first-order valence-corrected chi connectivity index (χ1v) is 4.87. The number of imidazole rings is 1. The lowest BCUT2D eigenvalue weighted by atomic mass is 10.4. The number of nitrogens with zero attached hydrogens (tertiary/aromatic N) is 4. The van der Waals surface area contributed by atoms with Crippen molar-refractivity contribution in [2.24, 2.45) is 0 Å². The predicted molar refractivity (Wildman–Crippen MR) is 56.4 cm³/mol. The second kappa shape index (κ2) is 4.37. The van der Waals surface area contributed by atoms with E-state index in [1.54, 1.807) is 6.20 Å². The SMILES string of the molecule is CN(CCO)Cc1cnc2ncccn12. The Kier molecular flexibility index (Phi) is 2.94. The third-order valence-corrected chi connectivity index (χ3v) is 2.28. The van der Waals surface area contributed by atoms with E-state index in [1.165, 1.54) is 0 Å². The summed E-state index contributed by atoms with van der Waals surface area (Å²) >= 11 is 0. The first kappa shape index (κ1) is 10.1. The Balaban J connectivity index is 2.21. The van der Waals surface area contributed by atoms with Gasteiger partial charge < -0.3 is 5.11 Å². The second-order valence-corrected chi connectivity index (χ2v) is 3.50. The molecule has 0 spiro atoms. The zero-order valence-electron chi connectivity index (χ0n) is 8.67. The van der Waals surface area contributed by atoms with Gasteiger partial charge in [0.1, 0.15) is 0 Å². The Morgan fingerprint density at radius 1 is 1.47 bits per heavy atom. The molecule has 0 radical (unpaired) electrons. The molecule has 2 aromatic rings. The van der Waals surface area contributed by atoms with Crippen molar-refractivity contribution in [3.8, 4) is 0 Å². The Labute approximate surface area is 88.0 Å². The number of hydrogen-bond acceptors (Lipinski definition) is 4. The summed E-state index contributed by atoms with van der Waals surface area (Å²) in [4.78, 5) is 10.4. The van der Waals surface area contributed by atoms with Gasteiger partial charge >= 0.3 is 0 Å². The van der Waals surface area contributed by atoms with E-state index in [4.69, 9.17) is 5.11 Å². The van der Waals surface area contributed by atoms with Crippen LogP contribution in [0.3, 0.4) is 0 Å². The van der Waals surface area contributed by atoms with Crippen LogP contribution in [0.25, 0.3) is 5.78 Å². The molecule has 0 saturated heterocycles. The average molecular weight is 206 g/mol. The highest BCUT2D eigenvalue weighted by molar-refractivity contribution is 5.30. The molecule has 0 aliphatic heterocycles. The molecule has 0 amide bonds. The van der Waals surface area contributed by atoms with Gasteiger partial charge in [-0.3, -0.25) is 9.30 Å². The van der Waals surface area contributed by atoms with E-state index in [0.29, 0.717) is 12.3 Å². The van der Waals surface area contributed by atoms with E-state index in [9.17, 15) is 0 Å². The maximum Gasteiger partial charge on any atom is 0.233 e. The van der Waals surface area contributed by atoms with Crippen LogP contribution in [0, 0.1) is 0 Å². The van der Waals surface area contributed by atoms with Crippen molar-refractivity contribution in [3.63, 3.8) is 0 Å². The first-order valence-electron chi connectivity index (χ1n) is 4.87. The molecule has 0 saturated carbocycles. The topological polar surface area (TPSA) is 53.7 Å². The molecule has 1 N–H and O–H groups in total. The minimum atomic E-state index is 0.172. The van der Waals surface area contributed by atoms with Gasteiger partial charge in [-0.05, 0) is 13.1 Å². The van der Waals surface area contributed by atoms with Gasteiger partial charge in [0.15, 0.2) is 0 Å². The number of likely N-dealkylation sites (N-methyl/N-ethyl adjacent to an activating group) is 1. The van der Waals surface area contributed by atoms with Crippen molar-refractivity contribution in [2.75, 3.05) is 20.2 Å². The van der Waals surface area contributed by atoms with Crippen molar-refractivity contribution in [3.05, 3.63) is 30.4 Å². The Morgan fingerprint density at radius 3 is 3.13 bits per heavy atom. The quantitative estimate of drug-likeness (QED) is 0.774. The number of hydrogen-bond donors (Lipinski definition) is 1. The van der Waals surface area contributed by atoms with E-state index >= 15 is 0 Å². The maximum absolute atomic E-state index is 8.80. The summed E-state index contributed by atoms with van der Waals surface area (Å²) in [5.41, 5.74) is 1.08. The van der Waals surface area contributed by atoms with E-state index in [0.717, 1.165) is 12.2 Å². The van der Waals surface area contributed by atoms with Crippen LogP contribution in [-0.2, 0) is 6.54 Å². The zero-order valence-corrected chi connectivity index (χ0v) is 8.67. The molecule has 0 aliphatic rings. The monoisotopic (exact) mass is 206 g/mol. The lowest BCUT2D eigenvalue weighted by Gasteiger charge is -2.13. The number of aliphatic hydroxyl groups excluding tert-OH is 1. The molecular weight excluding hydrogens is 192 g/mol. The summed E-state index contributed by atoms with van der Waals surface area (Å²) in [5.74, 6) is 0.713. The van der Waals surface area contributed by atoms with Gasteiger partial charge in [0, 0.05) is 25.5 Å². The summed E-state index contributed by atoms with van der Waals surface area (Å²) in [5, 5.41) is 8.80. The molecule has 0 aromatic carbocycles. The molecule has 2 aromatic heterocycles. The molecule has 5 nitrogen and oxygen atoms in total. The smallest absolute Gasteiger partial charge is 0.233 e. The highest BCUT2D eigenvalue weighted by Crippen LogP contribution is 2.05. The fourth-order valence-electron chi connectivity index (χ4n) is 1.52. The summed E-state index contributed by atoms with van der Waals surface area (Å²) in [6.07, 6.45) is 5.48. The van der Waals surface area contributed by atoms with Crippen LogP contribution in [0.4, 0.5) is 0 Å². The van der Waals surface area contributed by atoms with E-state index in [2.05, 4.69) is 9.97 Å². The molecule has 2 rings (SSSR count). The molecule has 80 valence electrons. The molecule has 0 bridgehead atoms. The molecule has 0 aliphatic carbocycles. The van der Waals surface area contributed by atoms with Crippen LogP contribution < -0.4 is 0 Å². The Bertz CT molecular complexity index is 440. The molecular formula is C10H14N4O. The van der Waals surface area contributed by atoms with E-state index in [1.807, 2.05) is 34.8 Å². The standard InChI is InChI=1S/C10H14N4O/c1-13(5-6-15)8-9-7-12-10-11-3-2-4-14(9)10/h2-4,7,15H,5-6,8H2,1H3. The van der Waals surface area contributed by atoms with Crippen LogP contribution in [0.15, 0.2) is 24.7 Å². The van der Waals surface area contributed by atoms with Gasteiger partial charge in [0.2, 0.25) is 5.78 Å². The van der Waals surface area contributed by atoms with Crippen molar-refractivity contribution in [1.29, 1.82) is 0 Å². The summed E-state index contributed by atoms with van der Waals surface area (Å²) < 4.78 is 1.95. The van der Waals surface area contributed by atoms with Crippen LogP contribution in [0.5, 0.6) is 0 Å². The number of fused-ring (bicyclic) bond motifs is 1. The highest BCUT2D eigenvalue weighted by atomic mass is 16.3. The number of aromatic nitrogens is 3.